The second-order valence-electron chi connectivity index (χ2n) is 21.6. The highest BCUT2D eigenvalue weighted by molar-refractivity contribution is 8.00. The average Bonchev–Trinajstić information content (AvgIpc) is 4.17. The van der Waals surface area contributed by atoms with Crippen LogP contribution in [0.1, 0.15) is 91.4 Å². The number of fused-ring (bicyclic) bond motifs is 4. The van der Waals surface area contributed by atoms with Gasteiger partial charge in [0.25, 0.3) is 0 Å². The lowest BCUT2D eigenvalue weighted by molar-refractivity contribution is -0.150. The molecule has 4 aliphatic rings. The number of hydrogen-bond acceptors (Lipinski definition) is 12. The number of nitrogens with zero attached hydrogens (tertiary/aromatic N) is 5. The van der Waals surface area contributed by atoms with Gasteiger partial charge in [-0.25, -0.2) is 0 Å². The topological polar surface area (TPSA) is 348 Å². The monoisotopic (exact) mass is 1130 g/mol. The Labute approximate surface area is 475 Å². The van der Waals surface area contributed by atoms with Crippen molar-refractivity contribution in [1.82, 2.24) is 40.9 Å². The summed E-state index contributed by atoms with van der Waals surface area (Å²) < 4.78 is 0. The van der Waals surface area contributed by atoms with Crippen molar-refractivity contribution in [2.45, 2.75) is 133 Å². The molecule has 23 nitrogen and oxygen atoms in total. The van der Waals surface area contributed by atoms with Gasteiger partial charge in [-0.15, -0.1) is 11.8 Å². The molecular formula is C57H75N13O10S. The molecule has 0 aliphatic carbocycles. The van der Waals surface area contributed by atoms with Crippen LogP contribution in [0.25, 0.3) is 0 Å². The number of carbonyl (C=O) groups excluding carboxylic acids is 10. The third-order valence-electron chi connectivity index (χ3n) is 15.3. The van der Waals surface area contributed by atoms with Crippen molar-refractivity contribution in [2.75, 3.05) is 38.2 Å². The van der Waals surface area contributed by atoms with Gasteiger partial charge in [-0.2, -0.15) is 0 Å². The molecule has 81 heavy (non-hydrogen) atoms. The summed E-state index contributed by atoms with van der Waals surface area (Å²) in [6.45, 7) is 4.15. The number of thioether (sulfide) groups is 1. The van der Waals surface area contributed by atoms with Gasteiger partial charge in [0, 0.05) is 63.8 Å². The van der Waals surface area contributed by atoms with E-state index < -0.39 is 107 Å². The minimum absolute atomic E-state index is 0.0295. The van der Waals surface area contributed by atoms with E-state index in [9.17, 15) is 38.4 Å². The number of benzene rings is 3. The third kappa shape index (κ3) is 15.7. The maximum absolute atomic E-state index is 15.2. The lowest BCUT2D eigenvalue weighted by atomic mass is 9.92. The number of nitrogens with two attached hydrogens (primary N) is 4. The predicted molar refractivity (Wildman–Crippen MR) is 303 cm³/mol. The Hall–Kier alpha value is -8.02. The molecule has 24 heteroatoms. The SMILES string of the molecule is CC(C)C[C@@H]1NC(=O)[C@@H]2CCCN2C(=O)[C@H](Cc2ccccc2)N(C)C(=O)CSC[C@@H](C(N)=O)NC(=O)[C@H](Cc2ccc(C(N)=O)cc2)NC(=O)[C@@H]2Cc3ccccc3CN2C(=O)[C@@H]2CCCN2C(=O)[C@H](CCCN=C(N)N)NC1=O. The van der Waals surface area contributed by atoms with Crippen LogP contribution in [0.2, 0.25) is 0 Å². The zero-order valence-electron chi connectivity index (χ0n) is 46.1. The largest absolute Gasteiger partial charge is 0.370 e. The van der Waals surface area contributed by atoms with Crippen molar-refractivity contribution in [3.05, 3.63) is 107 Å². The van der Waals surface area contributed by atoms with Gasteiger partial charge in [-0.05, 0) is 85.3 Å². The van der Waals surface area contributed by atoms with Crippen LogP contribution < -0.4 is 44.2 Å². The lowest BCUT2D eigenvalue weighted by Crippen LogP contribution is -2.61. The van der Waals surface area contributed by atoms with Crippen LogP contribution in [0.5, 0.6) is 0 Å². The molecule has 3 aromatic rings. The summed E-state index contributed by atoms with van der Waals surface area (Å²) in [6.07, 6.45) is 1.73. The molecule has 0 bridgehead atoms. The standard InChI is InChI=1S/C57H75N13O10S/c1-33(2)26-40-50(74)63-39(16-9-23-62-57(60)61)54(78)69-25-11-18-44(69)55(79)70-30-38-15-8-7-14-37(38)29-45(70)53(77)65-41(27-35-19-21-36(22-20-35)48(58)72)51(75)66-42(49(59)73)31-81-32-47(71)67(3)46(28-34-12-5-4-6-13-34)56(80)68-24-10-17-43(68)52(76)64-40/h4-8,12-15,19-22,33,39-46H,9-11,16-18,23-32H2,1-3H3,(H2,58,72)(H2,59,73)(H,63,74)(H,64,76)(H,65,77)(H,66,75)(H4,60,61,62)/t39-,40-,41-,42-,43-,44-,45-,46-/m0/s1. The third-order valence-corrected chi connectivity index (χ3v) is 16.3. The second kappa shape index (κ2) is 27.9. The van der Waals surface area contributed by atoms with Crippen molar-refractivity contribution >= 4 is 76.8 Å². The molecule has 0 unspecified atom stereocenters. The van der Waals surface area contributed by atoms with Crippen molar-refractivity contribution in [1.29, 1.82) is 0 Å². The summed E-state index contributed by atoms with van der Waals surface area (Å²) in [5, 5.41) is 11.3. The molecule has 4 aliphatic heterocycles. The van der Waals surface area contributed by atoms with E-state index in [1.807, 2.05) is 50.2 Å². The van der Waals surface area contributed by atoms with Gasteiger partial charge in [0.15, 0.2) is 5.96 Å². The smallest absolute Gasteiger partial charge is 0.248 e. The first-order chi connectivity index (χ1) is 38.7. The van der Waals surface area contributed by atoms with Crippen LogP contribution in [-0.4, -0.2) is 171 Å². The van der Waals surface area contributed by atoms with Gasteiger partial charge < -0.3 is 63.8 Å². The minimum atomic E-state index is -1.40. The molecule has 434 valence electrons. The number of aliphatic imine (C=N–C) groups is 1. The Kier molecular flexibility index (Phi) is 20.9. The number of nitrogens with one attached hydrogen (secondary N) is 4. The minimum Gasteiger partial charge on any atom is -0.370 e. The summed E-state index contributed by atoms with van der Waals surface area (Å²) >= 11 is 0.983. The van der Waals surface area contributed by atoms with E-state index in [2.05, 4.69) is 26.3 Å². The number of primary amides is 2. The number of carbonyl (C=O) groups is 10. The summed E-state index contributed by atoms with van der Waals surface area (Å²) in [5.74, 6) is -7.30. The Morgan fingerprint density at radius 2 is 1.23 bits per heavy atom. The van der Waals surface area contributed by atoms with Crippen LogP contribution in [0.15, 0.2) is 83.9 Å². The summed E-state index contributed by atoms with van der Waals surface area (Å²) in [5.41, 5.74) is 25.6. The molecule has 7 rings (SSSR count). The molecule has 3 saturated heterocycles. The molecule has 0 saturated carbocycles. The maximum Gasteiger partial charge on any atom is 0.248 e. The zero-order chi connectivity index (χ0) is 58.5. The second-order valence-corrected chi connectivity index (χ2v) is 22.6. The van der Waals surface area contributed by atoms with E-state index >= 15 is 9.59 Å². The lowest BCUT2D eigenvalue weighted by Gasteiger charge is -2.40. The number of likely N-dealkylation sites (N-methyl/N-ethyl adjacent to an activating group) is 1. The quantitative estimate of drug-likeness (QED) is 0.0652. The number of amides is 10. The fraction of sp³-hybridized carbons (Fsp3) is 0.491. The Morgan fingerprint density at radius 1 is 0.642 bits per heavy atom. The van der Waals surface area contributed by atoms with Crippen LogP contribution in [0.4, 0.5) is 0 Å². The van der Waals surface area contributed by atoms with E-state index in [1.54, 1.807) is 30.3 Å². The van der Waals surface area contributed by atoms with E-state index in [1.165, 1.54) is 38.8 Å². The molecule has 0 spiro atoms. The molecule has 0 radical (unpaired) electrons. The van der Waals surface area contributed by atoms with E-state index in [0.717, 1.165) is 28.5 Å². The van der Waals surface area contributed by atoms with Gasteiger partial charge >= 0.3 is 0 Å². The zero-order valence-corrected chi connectivity index (χ0v) is 46.9. The fourth-order valence-corrected chi connectivity index (χ4v) is 11.9. The molecular weight excluding hydrogens is 1060 g/mol. The van der Waals surface area contributed by atoms with Gasteiger partial charge in [0.05, 0.1) is 5.75 Å². The first-order valence-corrected chi connectivity index (χ1v) is 28.7. The van der Waals surface area contributed by atoms with Crippen LogP contribution in [0, 0.1) is 5.92 Å². The molecule has 10 amide bonds. The van der Waals surface area contributed by atoms with Gasteiger partial charge in [-0.3, -0.25) is 52.9 Å². The molecule has 12 N–H and O–H groups in total. The highest BCUT2D eigenvalue weighted by atomic mass is 32.2. The highest BCUT2D eigenvalue weighted by Gasteiger charge is 2.46. The number of hydrogen-bond donors (Lipinski definition) is 8. The summed E-state index contributed by atoms with van der Waals surface area (Å²) in [6, 6.07) is 12.8. The first kappa shape index (κ1) is 60.6. The molecule has 0 aromatic heterocycles. The Morgan fingerprint density at radius 3 is 1.89 bits per heavy atom. The van der Waals surface area contributed by atoms with E-state index in [-0.39, 0.29) is 106 Å². The summed E-state index contributed by atoms with van der Waals surface area (Å²) in [4.78, 5) is 153. The van der Waals surface area contributed by atoms with Gasteiger partial charge in [0.1, 0.15) is 48.3 Å². The fourth-order valence-electron chi connectivity index (χ4n) is 10.9. The highest BCUT2D eigenvalue weighted by Crippen LogP contribution is 2.30. The van der Waals surface area contributed by atoms with Crippen molar-refractivity contribution in [3.8, 4) is 0 Å². The average molecular weight is 1130 g/mol. The van der Waals surface area contributed by atoms with E-state index in [4.69, 9.17) is 22.9 Å². The normalized spacial score (nSPS) is 24.9. The number of guanidine groups is 1. The van der Waals surface area contributed by atoms with Crippen LogP contribution in [0.3, 0.4) is 0 Å². The van der Waals surface area contributed by atoms with Crippen molar-refractivity contribution < 1.29 is 47.9 Å². The molecule has 4 heterocycles. The van der Waals surface area contributed by atoms with Crippen LogP contribution in [-0.2, 0) is 69.0 Å². The predicted octanol–water partition coefficient (Wildman–Crippen LogP) is -0.396. The van der Waals surface area contributed by atoms with E-state index in [0.29, 0.717) is 18.4 Å². The van der Waals surface area contributed by atoms with Crippen molar-refractivity contribution in [3.63, 3.8) is 0 Å². The molecule has 3 aromatic carbocycles. The maximum atomic E-state index is 15.2. The van der Waals surface area contributed by atoms with Gasteiger partial charge in [0.2, 0.25) is 59.1 Å². The van der Waals surface area contributed by atoms with Gasteiger partial charge in [-0.1, -0.05) is 80.6 Å². The molecule has 3 fully saturated rings. The Bertz CT molecular complexity index is 2850. The number of rotatable bonds is 12. The first-order valence-electron chi connectivity index (χ1n) is 27.5. The Balaban J connectivity index is 1.28. The van der Waals surface area contributed by atoms with Crippen LogP contribution >= 0.6 is 11.8 Å². The van der Waals surface area contributed by atoms with Crippen molar-refractivity contribution in [2.24, 2.45) is 33.8 Å². The molecule has 8 atom stereocenters. The summed E-state index contributed by atoms with van der Waals surface area (Å²) in [7, 11) is 1.48.